The zero-order valence-corrected chi connectivity index (χ0v) is 13.5. The standard InChI is InChI=1S/C16H22O8/c1-3-21-15(19)11-23-13(17)9-7-5-6-8-10-14(18)24-12-16(20)22-4-2/h3-4H,1-2,5-12H2. The number of carbonyl (C=O) groups is 4. The van der Waals surface area contributed by atoms with Crippen LogP contribution in [0.15, 0.2) is 25.7 Å². The van der Waals surface area contributed by atoms with Crippen LogP contribution in [-0.2, 0) is 38.1 Å². The van der Waals surface area contributed by atoms with Crippen LogP contribution in [0.1, 0.15) is 38.5 Å². The molecule has 134 valence electrons. The van der Waals surface area contributed by atoms with Crippen molar-refractivity contribution in [3.63, 3.8) is 0 Å². The molecule has 0 aliphatic rings. The summed E-state index contributed by atoms with van der Waals surface area (Å²) in [5.41, 5.74) is 0. The zero-order valence-electron chi connectivity index (χ0n) is 13.5. The van der Waals surface area contributed by atoms with Crippen molar-refractivity contribution in [2.24, 2.45) is 0 Å². The molecule has 0 fully saturated rings. The number of rotatable bonds is 13. The van der Waals surface area contributed by atoms with E-state index in [0.29, 0.717) is 12.8 Å². The third-order valence-corrected chi connectivity index (χ3v) is 2.64. The molecular formula is C16H22O8. The van der Waals surface area contributed by atoms with Gasteiger partial charge in [0.05, 0.1) is 12.5 Å². The molecule has 0 aliphatic heterocycles. The van der Waals surface area contributed by atoms with Gasteiger partial charge in [0.15, 0.2) is 13.2 Å². The summed E-state index contributed by atoms with van der Waals surface area (Å²) in [6.07, 6.45) is 4.88. The Balaban J connectivity index is 3.52. The normalized spacial score (nSPS) is 9.50. The predicted molar refractivity (Wildman–Crippen MR) is 82.2 cm³/mol. The van der Waals surface area contributed by atoms with Gasteiger partial charge in [-0.25, -0.2) is 9.59 Å². The van der Waals surface area contributed by atoms with Crippen LogP contribution < -0.4 is 0 Å². The lowest BCUT2D eigenvalue weighted by atomic mass is 10.1. The maximum absolute atomic E-state index is 11.3. The molecule has 24 heavy (non-hydrogen) atoms. The topological polar surface area (TPSA) is 105 Å². The molecule has 0 unspecified atom stereocenters. The summed E-state index contributed by atoms with van der Waals surface area (Å²) >= 11 is 0. The summed E-state index contributed by atoms with van der Waals surface area (Å²) in [5.74, 6) is -2.35. The van der Waals surface area contributed by atoms with Gasteiger partial charge in [-0.3, -0.25) is 9.59 Å². The maximum atomic E-state index is 11.3. The van der Waals surface area contributed by atoms with E-state index in [-0.39, 0.29) is 12.8 Å². The van der Waals surface area contributed by atoms with E-state index in [1.54, 1.807) is 0 Å². The van der Waals surface area contributed by atoms with E-state index in [1.807, 2.05) is 0 Å². The van der Waals surface area contributed by atoms with Crippen LogP contribution in [0.5, 0.6) is 0 Å². The van der Waals surface area contributed by atoms with E-state index < -0.39 is 37.1 Å². The lowest BCUT2D eigenvalue weighted by molar-refractivity contribution is -0.155. The third kappa shape index (κ3) is 13.1. The molecule has 0 N–H and O–H groups in total. The Kier molecular flexibility index (Phi) is 12.4. The molecule has 8 nitrogen and oxygen atoms in total. The van der Waals surface area contributed by atoms with Gasteiger partial charge in [0.1, 0.15) is 0 Å². The van der Waals surface area contributed by atoms with Gasteiger partial charge in [0.2, 0.25) is 0 Å². The molecule has 0 radical (unpaired) electrons. The molecular weight excluding hydrogens is 320 g/mol. The van der Waals surface area contributed by atoms with Crippen LogP contribution >= 0.6 is 0 Å². The molecule has 0 saturated heterocycles. The van der Waals surface area contributed by atoms with Gasteiger partial charge in [0, 0.05) is 12.8 Å². The molecule has 0 spiro atoms. The van der Waals surface area contributed by atoms with Gasteiger partial charge in [-0.05, 0) is 12.8 Å². The number of esters is 4. The number of hydrogen-bond donors (Lipinski definition) is 0. The number of hydrogen-bond acceptors (Lipinski definition) is 8. The Morgan fingerprint density at radius 2 is 1.00 bits per heavy atom. The van der Waals surface area contributed by atoms with Crippen molar-refractivity contribution in [1.82, 2.24) is 0 Å². The van der Waals surface area contributed by atoms with Crippen molar-refractivity contribution in [2.75, 3.05) is 13.2 Å². The van der Waals surface area contributed by atoms with Gasteiger partial charge in [-0.2, -0.15) is 0 Å². The van der Waals surface area contributed by atoms with E-state index in [1.165, 1.54) is 0 Å². The van der Waals surface area contributed by atoms with Gasteiger partial charge >= 0.3 is 23.9 Å². The largest absolute Gasteiger partial charge is 0.454 e. The van der Waals surface area contributed by atoms with Crippen molar-refractivity contribution < 1.29 is 38.1 Å². The fourth-order valence-electron chi connectivity index (χ4n) is 1.57. The van der Waals surface area contributed by atoms with Crippen molar-refractivity contribution in [3.8, 4) is 0 Å². The Labute approximate surface area is 140 Å². The highest BCUT2D eigenvalue weighted by molar-refractivity contribution is 5.77. The van der Waals surface area contributed by atoms with Crippen LogP contribution in [0.25, 0.3) is 0 Å². The van der Waals surface area contributed by atoms with E-state index >= 15 is 0 Å². The second kappa shape index (κ2) is 14.0. The van der Waals surface area contributed by atoms with Gasteiger partial charge < -0.3 is 18.9 Å². The third-order valence-electron chi connectivity index (χ3n) is 2.64. The molecule has 0 atom stereocenters. The summed E-state index contributed by atoms with van der Waals surface area (Å²) in [7, 11) is 0. The van der Waals surface area contributed by atoms with Crippen molar-refractivity contribution in [3.05, 3.63) is 25.7 Å². The van der Waals surface area contributed by atoms with Crippen LogP contribution in [0.4, 0.5) is 0 Å². The molecule has 0 heterocycles. The lowest BCUT2D eigenvalue weighted by Crippen LogP contribution is -2.14. The van der Waals surface area contributed by atoms with Crippen LogP contribution in [-0.4, -0.2) is 37.1 Å². The molecule has 0 rings (SSSR count). The first-order chi connectivity index (χ1) is 11.5. The minimum Gasteiger partial charge on any atom is -0.454 e. The molecule has 0 bridgehead atoms. The number of ether oxygens (including phenoxy) is 4. The van der Waals surface area contributed by atoms with Gasteiger partial charge in [-0.15, -0.1) is 0 Å². The summed E-state index contributed by atoms with van der Waals surface area (Å²) in [6.45, 7) is 5.53. The highest BCUT2D eigenvalue weighted by Crippen LogP contribution is 2.07. The van der Waals surface area contributed by atoms with E-state index in [0.717, 1.165) is 25.4 Å². The minimum atomic E-state index is -0.686. The van der Waals surface area contributed by atoms with Gasteiger partial charge in [-0.1, -0.05) is 26.0 Å². The number of unbranched alkanes of at least 4 members (excludes halogenated alkanes) is 3. The fourth-order valence-corrected chi connectivity index (χ4v) is 1.57. The average Bonchev–Trinajstić information content (AvgIpc) is 2.54. The Hall–Kier alpha value is -2.64. The van der Waals surface area contributed by atoms with Gasteiger partial charge in [0.25, 0.3) is 0 Å². The van der Waals surface area contributed by atoms with Crippen LogP contribution in [0.2, 0.25) is 0 Å². The first kappa shape index (κ1) is 21.4. The highest BCUT2D eigenvalue weighted by Gasteiger charge is 2.09. The minimum absolute atomic E-state index is 0.180. The Morgan fingerprint density at radius 1 is 0.625 bits per heavy atom. The number of carbonyl (C=O) groups excluding carboxylic acids is 4. The maximum Gasteiger partial charge on any atom is 0.349 e. The Bertz CT molecular complexity index is 413. The first-order valence-corrected chi connectivity index (χ1v) is 7.41. The predicted octanol–water partition coefficient (Wildman–Crippen LogP) is 1.79. The lowest BCUT2D eigenvalue weighted by Gasteiger charge is -2.04. The monoisotopic (exact) mass is 342 g/mol. The van der Waals surface area contributed by atoms with E-state index in [9.17, 15) is 19.2 Å². The van der Waals surface area contributed by atoms with E-state index in [2.05, 4.69) is 32.1 Å². The fraction of sp³-hybridized carbons (Fsp3) is 0.500. The van der Waals surface area contributed by atoms with Crippen molar-refractivity contribution in [2.45, 2.75) is 38.5 Å². The zero-order chi connectivity index (χ0) is 18.2. The van der Waals surface area contributed by atoms with Crippen molar-refractivity contribution >= 4 is 23.9 Å². The first-order valence-electron chi connectivity index (χ1n) is 7.41. The average molecular weight is 342 g/mol. The Morgan fingerprint density at radius 3 is 1.33 bits per heavy atom. The second-order valence-corrected chi connectivity index (χ2v) is 4.55. The molecule has 0 saturated carbocycles. The van der Waals surface area contributed by atoms with E-state index in [4.69, 9.17) is 0 Å². The quantitative estimate of drug-likeness (QED) is 0.216. The highest BCUT2D eigenvalue weighted by atomic mass is 16.6. The summed E-state index contributed by atoms with van der Waals surface area (Å²) in [5, 5.41) is 0. The van der Waals surface area contributed by atoms with Crippen molar-refractivity contribution in [1.29, 1.82) is 0 Å². The summed E-state index contributed by atoms with van der Waals surface area (Å²) < 4.78 is 18.2. The van der Waals surface area contributed by atoms with Crippen LogP contribution in [0.3, 0.4) is 0 Å². The molecule has 0 aromatic heterocycles. The van der Waals surface area contributed by atoms with Crippen LogP contribution in [0, 0.1) is 0 Å². The molecule has 0 aromatic rings. The smallest absolute Gasteiger partial charge is 0.349 e. The molecule has 0 aromatic carbocycles. The summed E-state index contributed by atoms with van der Waals surface area (Å²) in [4.78, 5) is 44.4. The SMILES string of the molecule is C=COC(=O)COC(=O)CCCCCCC(=O)OCC(=O)OC=C. The molecule has 8 heteroatoms. The molecule has 0 aliphatic carbocycles. The second-order valence-electron chi connectivity index (χ2n) is 4.55. The molecule has 0 amide bonds. The summed E-state index contributed by atoms with van der Waals surface area (Å²) in [6, 6.07) is 0.